The summed E-state index contributed by atoms with van der Waals surface area (Å²) in [4.78, 5) is 2.26. The number of rotatable bonds is 6. The van der Waals surface area contributed by atoms with E-state index in [4.69, 9.17) is 4.74 Å². The number of aryl methyl sites for hydroxylation is 1. The molecule has 2 aromatic rings. The van der Waals surface area contributed by atoms with Crippen LogP contribution in [0.5, 0.6) is 0 Å². The summed E-state index contributed by atoms with van der Waals surface area (Å²) in [6.45, 7) is 7.96. The van der Waals surface area contributed by atoms with Gasteiger partial charge in [-0.1, -0.05) is 42.5 Å². The Morgan fingerprint density at radius 1 is 1.00 bits per heavy atom. The average Bonchev–Trinajstić information content (AvgIpc) is 2.48. The Morgan fingerprint density at radius 2 is 1.65 bits per heavy atom. The first-order chi connectivity index (χ1) is 9.72. The predicted octanol–water partition coefficient (Wildman–Crippen LogP) is 4.38. The Morgan fingerprint density at radius 3 is 2.30 bits per heavy atom. The molecule has 1 atom stereocenters. The molecule has 2 rings (SSSR count). The molecule has 0 aliphatic heterocycles. The molecule has 106 valence electrons. The Balaban J connectivity index is 2.00. The molecule has 2 aromatic carbocycles. The molecule has 2 nitrogen and oxygen atoms in total. The van der Waals surface area contributed by atoms with Crippen molar-refractivity contribution in [3.05, 3.63) is 65.7 Å². The van der Waals surface area contributed by atoms with Gasteiger partial charge in [-0.05, 0) is 44.0 Å². The van der Waals surface area contributed by atoms with Crippen LogP contribution >= 0.6 is 0 Å². The van der Waals surface area contributed by atoms with Gasteiger partial charge in [0, 0.05) is 12.2 Å². The summed E-state index contributed by atoms with van der Waals surface area (Å²) in [6.07, 6.45) is 0.0574. The summed E-state index contributed by atoms with van der Waals surface area (Å²) in [5.41, 5.74) is 3.73. The highest BCUT2D eigenvalue weighted by Gasteiger charge is 2.13. The minimum atomic E-state index is 0.0574. The van der Waals surface area contributed by atoms with Gasteiger partial charge in [-0.15, -0.1) is 0 Å². The van der Waals surface area contributed by atoms with E-state index in [0.29, 0.717) is 6.61 Å². The highest BCUT2D eigenvalue weighted by atomic mass is 16.5. The van der Waals surface area contributed by atoms with Gasteiger partial charge in [-0.25, -0.2) is 0 Å². The maximum atomic E-state index is 6.04. The van der Waals surface area contributed by atoms with Gasteiger partial charge in [0.25, 0.3) is 0 Å². The molecule has 1 unspecified atom stereocenters. The Bertz CT molecular complexity index is 524. The fraction of sp³-hybridized carbons (Fsp3) is 0.333. The van der Waals surface area contributed by atoms with Crippen LogP contribution in [0, 0.1) is 6.92 Å². The zero-order chi connectivity index (χ0) is 14.4. The van der Waals surface area contributed by atoms with Crippen molar-refractivity contribution in [3.63, 3.8) is 0 Å². The molecule has 0 saturated heterocycles. The van der Waals surface area contributed by atoms with Crippen molar-refractivity contribution < 1.29 is 4.74 Å². The number of hydrogen-bond acceptors (Lipinski definition) is 2. The third-order valence-electron chi connectivity index (χ3n) is 3.61. The second-order valence-corrected chi connectivity index (χ2v) is 4.96. The van der Waals surface area contributed by atoms with Crippen LogP contribution in [0.2, 0.25) is 0 Å². The number of anilines is 1. The van der Waals surface area contributed by atoms with Crippen molar-refractivity contribution >= 4 is 5.69 Å². The SMILES string of the molecule is CCN(c1ccccc1)C(C)OCc1ccccc1C. The fourth-order valence-corrected chi connectivity index (χ4v) is 2.34. The van der Waals surface area contributed by atoms with Gasteiger partial charge in [0.1, 0.15) is 6.23 Å². The molecule has 0 spiro atoms. The summed E-state index contributed by atoms with van der Waals surface area (Å²) in [7, 11) is 0. The monoisotopic (exact) mass is 269 g/mol. The highest BCUT2D eigenvalue weighted by molar-refractivity contribution is 5.46. The smallest absolute Gasteiger partial charge is 0.127 e. The molecule has 0 amide bonds. The van der Waals surface area contributed by atoms with E-state index in [9.17, 15) is 0 Å². The standard InChI is InChI=1S/C18H23NO/c1-4-19(18-12-6-5-7-13-18)16(3)20-14-17-11-9-8-10-15(17)2/h5-13,16H,4,14H2,1-3H3. The lowest BCUT2D eigenvalue weighted by atomic mass is 10.1. The Hall–Kier alpha value is -1.80. The van der Waals surface area contributed by atoms with E-state index in [1.807, 2.05) is 6.07 Å². The normalized spacial score (nSPS) is 12.2. The van der Waals surface area contributed by atoms with E-state index in [-0.39, 0.29) is 6.23 Å². The number of hydrogen-bond donors (Lipinski definition) is 0. The predicted molar refractivity (Wildman–Crippen MR) is 84.9 cm³/mol. The lowest BCUT2D eigenvalue weighted by Gasteiger charge is -2.30. The minimum Gasteiger partial charge on any atom is -0.354 e. The van der Waals surface area contributed by atoms with E-state index in [1.165, 1.54) is 16.8 Å². The molecule has 0 aromatic heterocycles. The zero-order valence-electron chi connectivity index (χ0n) is 12.5. The van der Waals surface area contributed by atoms with Crippen molar-refractivity contribution in [3.8, 4) is 0 Å². The minimum absolute atomic E-state index is 0.0574. The fourth-order valence-electron chi connectivity index (χ4n) is 2.34. The summed E-state index contributed by atoms with van der Waals surface area (Å²) in [5.74, 6) is 0. The maximum Gasteiger partial charge on any atom is 0.127 e. The number of ether oxygens (including phenoxy) is 1. The van der Waals surface area contributed by atoms with Crippen molar-refractivity contribution in [2.45, 2.75) is 33.6 Å². The number of nitrogens with zero attached hydrogens (tertiary/aromatic N) is 1. The van der Waals surface area contributed by atoms with Crippen LogP contribution in [0.1, 0.15) is 25.0 Å². The van der Waals surface area contributed by atoms with E-state index in [1.54, 1.807) is 0 Å². The number of para-hydroxylation sites is 1. The molecule has 2 heteroatoms. The molecular weight excluding hydrogens is 246 g/mol. The van der Waals surface area contributed by atoms with Crippen LogP contribution < -0.4 is 4.90 Å². The van der Waals surface area contributed by atoms with Crippen LogP contribution in [-0.2, 0) is 11.3 Å². The molecule has 0 heterocycles. The van der Waals surface area contributed by atoms with Crippen molar-refractivity contribution in [2.75, 3.05) is 11.4 Å². The molecule has 0 aliphatic carbocycles. The Labute approximate surface area is 122 Å². The second kappa shape index (κ2) is 7.11. The van der Waals surface area contributed by atoms with Gasteiger partial charge in [0.05, 0.1) is 6.61 Å². The molecule has 0 aliphatic rings. The topological polar surface area (TPSA) is 12.5 Å². The Kier molecular flexibility index (Phi) is 5.19. The van der Waals surface area contributed by atoms with Crippen molar-refractivity contribution in [1.29, 1.82) is 0 Å². The summed E-state index contributed by atoms with van der Waals surface area (Å²) in [5, 5.41) is 0. The molecule has 0 radical (unpaired) electrons. The lowest BCUT2D eigenvalue weighted by Crippen LogP contribution is -2.34. The number of benzene rings is 2. The molecular formula is C18H23NO. The van der Waals surface area contributed by atoms with Gasteiger partial charge in [0.2, 0.25) is 0 Å². The summed E-state index contributed by atoms with van der Waals surface area (Å²) < 4.78 is 6.04. The van der Waals surface area contributed by atoms with Crippen molar-refractivity contribution in [2.24, 2.45) is 0 Å². The van der Waals surface area contributed by atoms with Crippen molar-refractivity contribution in [1.82, 2.24) is 0 Å². The van der Waals surface area contributed by atoms with Crippen LogP contribution in [0.4, 0.5) is 5.69 Å². The average molecular weight is 269 g/mol. The van der Waals surface area contributed by atoms with Crippen LogP contribution in [0.25, 0.3) is 0 Å². The van der Waals surface area contributed by atoms with E-state index >= 15 is 0 Å². The highest BCUT2D eigenvalue weighted by Crippen LogP contribution is 2.18. The maximum absolute atomic E-state index is 6.04. The third kappa shape index (κ3) is 3.61. The summed E-state index contributed by atoms with van der Waals surface area (Å²) >= 11 is 0. The van der Waals surface area contributed by atoms with Crippen LogP contribution in [0.3, 0.4) is 0 Å². The van der Waals surface area contributed by atoms with Crippen LogP contribution in [-0.4, -0.2) is 12.8 Å². The van der Waals surface area contributed by atoms with Gasteiger partial charge < -0.3 is 9.64 Å². The zero-order valence-corrected chi connectivity index (χ0v) is 12.5. The first kappa shape index (κ1) is 14.6. The first-order valence-corrected chi connectivity index (χ1v) is 7.20. The molecule has 0 fully saturated rings. The molecule has 0 bridgehead atoms. The van der Waals surface area contributed by atoms with Crippen LogP contribution in [0.15, 0.2) is 54.6 Å². The molecule has 0 saturated carbocycles. The van der Waals surface area contributed by atoms with Gasteiger partial charge in [0.15, 0.2) is 0 Å². The van der Waals surface area contributed by atoms with E-state index < -0.39 is 0 Å². The van der Waals surface area contributed by atoms with Gasteiger partial charge >= 0.3 is 0 Å². The third-order valence-corrected chi connectivity index (χ3v) is 3.61. The van der Waals surface area contributed by atoms with Gasteiger partial charge in [-0.2, -0.15) is 0 Å². The lowest BCUT2D eigenvalue weighted by molar-refractivity contribution is 0.0510. The van der Waals surface area contributed by atoms with Gasteiger partial charge in [-0.3, -0.25) is 0 Å². The quantitative estimate of drug-likeness (QED) is 0.721. The molecule has 0 N–H and O–H groups in total. The second-order valence-electron chi connectivity index (χ2n) is 4.96. The van der Waals surface area contributed by atoms with E-state index in [2.05, 4.69) is 74.2 Å². The molecule has 20 heavy (non-hydrogen) atoms. The largest absolute Gasteiger partial charge is 0.354 e. The first-order valence-electron chi connectivity index (χ1n) is 7.20. The summed E-state index contributed by atoms with van der Waals surface area (Å²) in [6, 6.07) is 18.8. The van der Waals surface area contributed by atoms with E-state index in [0.717, 1.165) is 6.54 Å².